The van der Waals surface area contributed by atoms with Crippen molar-refractivity contribution in [2.45, 2.75) is 51.9 Å². The van der Waals surface area contributed by atoms with Crippen LogP contribution in [0.3, 0.4) is 0 Å². The van der Waals surface area contributed by atoms with Crippen LogP contribution in [0.2, 0.25) is 0 Å². The van der Waals surface area contributed by atoms with Crippen LogP contribution in [-0.4, -0.2) is 41.6 Å². The predicted molar refractivity (Wildman–Crippen MR) is 88.8 cm³/mol. The van der Waals surface area contributed by atoms with Crippen LogP contribution in [0, 0.1) is 0 Å². The number of ether oxygens (including phenoxy) is 1. The van der Waals surface area contributed by atoms with E-state index < -0.39 is 11.6 Å². The Morgan fingerprint density at radius 3 is 1.90 bits per heavy atom. The number of rotatable bonds is 4. The zero-order chi connectivity index (χ0) is 16.4. The minimum atomic E-state index is -0.523. The van der Waals surface area contributed by atoms with E-state index in [1.807, 2.05) is 21.6 Å². The molecule has 0 unspecified atom stereocenters. The Morgan fingerprint density at radius 2 is 1.65 bits per heavy atom. The Kier molecular flexibility index (Phi) is 11.3. The number of hydrogen-bond acceptors (Lipinski definition) is 6. The first-order valence-corrected chi connectivity index (χ1v) is 8.87. The number of esters is 1. The molecule has 0 aromatic carbocycles. The van der Waals surface area contributed by atoms with Gasteiger partial charge in [-0.15, -0.1) is 0 Å². The molecule has 0 aliphatic carbocycles. The van der Waals surface area contributed by atoms with E-state index in [-0.39, 0.29) is 19.0 Å². The molecular weight excluding hydrogens is 296 g/mol. The first-order valence-electron chi connectivity index (χ1n) is 6.31. The first kappa shape index (κ1) is 21.9. The Labute approximate surface area is 130 Å². The highest BCUT2D eigenvalue weighted by atomic mass is 33.1. The average Bonchev–Trinajstić information content (AvgIpc) is 2.22. The molecule has 0 spiro atoms. The minimum absolute atomic E-state index is 0.122. The summed E-state index contributed by atoms with van der Waals surface area (Å²) in [5.41, 5.74) is 4.50. The van der Waals surface area contributed by atoms with Gasteiger partial charge in [-0.25, -0.2) is 0 Å². The molecule has 0 aliphatic rings. The summed E-state index contributed by atoms with van der Waals surface area (Å²) in [7, 11) is 3.73. The maximum Gasteiger partial charge on any atom is 0.325 e. The maximum atomic E-state index is 11.0. The number of carbonyl (C=O) groups excluding carboxylic acids is 2. The topological polar surface area (TPSA) is 81.4 Å². The summed E-state index contributed by atoms with van der Waals surface area (Å²) in [4.78, 5) is 21.6. The molecule has 0 aromatic rings. The van der Waals surface area contributed by atoms with E-state index >= 15 is 0 Å². The third kappa shape index (κ3) is 19.9. The van der Waals surface area contributed by atoms with E-state index in [2.05, 4.69) is 32.3 Å². The van der Waals surface area contributed by atoms with Gasteiger partial charge in [0.15, 0.2) is 0 Å². The van der Waals surface area contributed by atoms with Gasteiger partial charge in [-0.3, -0.25) is 9.59 Å². The fourth-order valence-corrected chi connectivity index (χ4v) is 2.87. The van der Waals surface area contributed by atoms with E-state index in [1.165, 1.54) is 0 Å². The molecule has 0 radical (unpaired) electrons. The number of carbonyl (C=O) groups is 2. The van der Waals surface area contributed by atoms with E-state index in [4.69, 9.17) is 10.5 Å². The van der Waals surface area contributed by atoms with Crippen LogP contribution >= 0.6 is 21.6 Å². The van der Waals surface area contributed by atoms with Gasteiger partial charge in [0, 0.05) is 4.75 Å². The van der Waals surface area contributed by atoms with Crippen LogP contribution in [0.25, 0.3) is 0 Å². The van der Waals surface area contributed by atoms with Gasteiger partial charge in [-0.2, -0.15) is 0 Å². The molecule has 0 atom stereocenters. The Morgan fingerprint density at radius 1 is 1.15 bits per heavy atom. The molecule has 3 N–H and O–H groups in total. The first-order chi connectivity index (χ1) is 8.91. The molecule has 0 fully saturated rings. The fourth-order valence-electron chi connectivity index (χ4n) is 0.871. The summed E-state index contributed by atoms with van der Waals surface area (Å²) in [6.07, 6.45) is 2.11. The lowest BCUT2D eigenvalue weighted by Crippen LogP contribution is -2.37. The molecule has 120 valence electrons. The van der Waals surface area contributed by atoms with E-state index in [9.17, 15) is 9.59 Å². The average molecular weight is 325 g/mol. The quantitative estimate of drug-likeness (QED) is 0.609. The molecule has 20 heavy (non-hydrogen) atoms. The second kappa shape index (κ2) is 10.3. The molecule has 0 bridgehead atoms. The van der Waals surface area contributed by atoms with Crippen molar-refractivity contribution in [2.24, 2.45) is 5.73 Å². The molecular formula is C13H28N2O3S2. The van der Waals surface area contributed by atoms with Crippen molar-refractivity contribution < 1.29 is 14.3 Å². The summed E-state index contributed by atoms with van der Waals surface area (Å²) >= 11 is 0. The van der Waals surface area contributed by atoms with Gasteiger partial charge in [-0.05, 0) is 27.0 Å². The molecule has 0 saturated heterocycles. The Hall–Kier alpha value is -0.400. The van der Waals surface area contributed by atoms with Crippen LogP contribution < -0.4 is 11.1 Å². The fraction of sp³-hybridized carbons (Fsp3) is 0.846. The second-order valence-electron chi connectivity index (χ2n) is 5.93. The van der Waals surface area contributed by atoms with Crippen LogP contribution in [-0.2, 0) is 14.3 Å². The lowest BCUT2D eigenvalue weighted by Gasteiger charge is -2.19. The van der Waals surface area contributed by atoms with Crippen molar-refractivity contribution in [2.75, 3.05) is 19.3 Å². The van der Waals surface area contributed by atoms with E-state index in [0.717, 1.165) is 0 Å². The van der Waals surface area contributed by atoms with Crippen LogP contribution in [0.5, 0.6) is 0 Å². The summed E-state index contributed by atoms with van der Waals surface area (Å²) in [6.45, 7) is 11.7. The lowest BCUT2D eigenvalue weighted by molar-refractivity contribution is -0.154. The van der Waals surface area contributed by atoms with Crippen molar-refractivity contribution in [3.8, 4) is 0 Å². The normalized spacial score (nSPS) is 11.2. The van der Waals surface area contributed by atoms with E-state index in [0.29, 0.717) is 4.75 Å². The van der Waals surface area contributed by atoms with Gasteiger partial charge < -0.3 is 15.8 Å². The van der Waals surface area contributed by atoms with Crippen molar-refractivity contribution in [1.29, 1.82) is 0 Å². The van der Waals surface area contributed by atoms with Gasteiger partial charge in [0.2, 0.25) is 5.91 Å². The van der Waals surface area contributed by atoms with Gasteiger partial charge >= 0.3 is 5.97 Å². The number of amides is 1. The second-order valence-corrected chi connectivity index (χ2v) is 9.15. The van der Waals surface area contributed by atoms with Crippen molar-refractivity contribution >= 4 is 33.5 Å². The summed E-state index contributed by atoms with van der Waals surface area (Å²) in [6, 6.07) is 0. The number of hydrogen-bond donors (Lipinski definition) is 2. The van der Waals surface area contributed by atoms with Crippen molar-refractivity contribution in [3.05, 3.63) is 0 Å². The number of nitrogens with two attached hydrogens (primary N) is 1. The highest BCUT2D eigenvalue weighted by Crippen LogP contribution is 2.32. The third-order valence-corrected chi connectivity index (χ3v) is 4.04. The Balaban J connectivity index is 0. The predicted octanol–water partition coefficient (Wildman–Crippen LogP) is 2.20. The monoisotopic (exact) mass is 324 g/mol. The van der Waals surface area contributed by atoms with Gasteiger partial charge in [0.05, 0.1) is 6.54 Å². The van der Waals surface area contributed by atoms with E-state index in [1.54, 1.807) is 20.8 Å². The van der Waals surface area contributed by atoms with Crippen LogP contribution in [0.4, 0.5) is 0 Å². The van der Waals surface area contributed by atoms with Crippen molar-refractivity contribution in [1.82, 2.24) is 5.32 Å². The summed E-state index contributed by atoms with van der Waals surface area (Å²) < 4.78 is 5.37. The van der Waals surface area contributed by atoms with Gasteiger partial charge in [0.1, 0.15) is 12.1 Å². The molecule has 0 aromatic heterocycles. The molecule has 1 amide bonds. The largest absolute Gasteiger partial charge is 0.459 e. The van der Waals surface area contributed by atoms with Crippen LogP contribution in [0.1, 0.15) is 41.5 Å². The zero-order valence-electron chi connectivity index (χ0n) is 13.5. The third-order valence-electron chi connectivity index (χ3n) is 1.37. The molecule has 0 heterocycles. The Bertz CT molecular complexity index is 297. The zero-order valence-corrected chi connectivity index (χ0v) is 15.2. The minimum Gasteiger partial charge on any atom is -0.459 e. The standard InChI is InChI=1S/C8H16N2O3.C5H12S2/c1-8(2,3)13-7(12)5-10-6(11)4-9;1-5(2,3)7-6-4/h4-5,9H2,1-3H3,(H,10,11);1-4H3. The lowest BCUT2D eigenvalue weighted by atomic mass is 10.2. The summed E-state index contributed by atoms with van der Waals surface area (Å²) in [5, 5.41) is 2.32. The van der Waals surface area contributed by atoms with Crippen molar-refractivity contribution in [3.63, 3.8) is 0 Å². The molecule has 0 rings (SSSR count). The van der Waals surface area contributed by atoms with Crippen LogP contribution in [0.15, 0.2) is 0 Å². The summed E-state index contributed by atoms with van der Waals surface area (Å²) in [5.74, 6) is -0.833. The maximum absolute atomic E-state index is 11.0. The van der Waals surface area contributed by atoms with Gasteiger partial charge in [0.25, 0.3) is 0 Å². The highest BCUT2D eigenvalue weighted by molar-refractivity contribution is 8.76. The SMILES string of the molecule is CC(C)(C)OC(=O)CNC(=O)CN.CSSC(C)(C)C. The molecule has 5 nitrogen and oxygen atoms in total. The smallest absolute Gasteiger partial charge is 0.325 e. The van der Waals surface area contributed by atoms with Gasteiger partial charge in [-0.1, -0.05) is 42.4 Å². The molecule has 0 aliphatic heterocycles. The number of nitrogens with one attached hydrogen (secondary N) is 1. The molecule has 0 saturated carbocycles. The highest BCUT2D eigenvalue weighted by Gasteiger charge is 2.16. The molecule has 7 heteroatoms.